The van der Waals surface area contributed by atoms with Crippen molar-refractivity contribution < 1.29 is 14.6 Å². The molecular formula is C20H23ClN2O3. The predicted molar refractivity (Wildman–Crippen MR) is 103 cm³/mol. The van der Waals surface area contributed by atoms with E-state index in [2.05, 4.69) is 4.90 Å². The lowest BCUT2D eigenvalue weighted by molar-refractivity contribution is -0.129. The molecule has 0 radical (unpaired) electrons. The molecule has 0 aromatic heterocycles. The summed E-state index contributed by atoms with van der Waals surface area (Å²) in [5, 5.41) is 11.1. The van der Waals surface area contributed by atoms with E-state index in [1.165, 1.54) is 0 Å². The zero-order chi connectivity index (χ0) is 18.7. The van der Waals surface area contributed by atoms with Crippen LogP contribution in [-0.4, -0.2) is 54.6 Å². The summed E-state index contributed by atoms with van der Waals surface area (Å²) in [6.45, 7) is 2.47. The number of benzene rings is 2. The van der Waals surface area contributed by atoms with Gasteiger partial charge < -0.3 is 14.7 Å². The van der Waals surface area contributed by atoms with Crippen LogP contribution in [0.2, 0.25) is 5.02 Å². The predicted octanol–water partition coefficient (Wildman–Crippen LogP) is 3.39. The van der Waals surface area contributed by atoms with Crippen LogP contribution in [-0.2, 0) is 11.3 Å². The number of nitrogens with zero attached hydrogens (tertiary/aromatic N) is 2. The molecule has 3 rings (SSSR count). The van der Waals surface area contributed by atoms with Gasteiger partial charge in [-0.3, -0.25) is 9.69 Å². The molecule has 1 amide bonds. The van der Waals surface area contributed by atoms with E-state index in [1.807, 2.05) is 30.3 Å². The maximum absolute atomic E-state index is 11.9. The molecule has 0 unspecified atom stereocenters. The first-order chi connectivity index (χ1) is 12.4. The SMILES string of the molecule is CN(C)C(=O)CCN1CCOc2c(O)cc(-c3cccc(Cl)c3)cc2C1. The number of phenolic OH excluding ortho intramolecular Hbond substituents is 1. The van der Waals surface area contributed by atoms with E-state index in [-0.39, 0.29) is 11.7 Å². The lowest BCUT2D eigenvalue weighted by Gasteiger charge is -2.20. The number of halogens is 1. The molecule has 1 aliphatic heterocycles. The Balaban J connectivity index is 1.84. The molecule has 1 N–H and O–H groups in total. The average Bonchev–Trinajstić information content (AvgIpc) is 2.81. The largest absolute Gasteiger partial charge is 0.504 e. The summed E-state index contributed by atoms with van der Waals surface area (Å²) in [7, 11) is 3.52. The third kappa shape index (κ3) is 4.29. The maximum Gasteiger partial charge on any atom is 0.223 e. The van der Waals surface area contributed by atoms with Crippen LogP contribution in [0, 0.1) is 0 Å². The smallest absolute Gasteiger partial charge is 0.223 e. The summed E-state index contributed by atoms with van der Waals surface area (Å²) < 4.78 is 5.77. The van der Waals surface area contributed by atoms with Crippen molar-refractivity contribution in [2.75, 3.05) is 33.8 Å². The van der Waals surface area contributed by atoms with Crippen LogP contribution in [0.3, 0.4) is 0 Å². The minimum absolute atomic E-state index is 0.103. The normalized spacial score (nSPS) is 14.3. The fraction of sp³-hybridized carbons (Fsp3) is 0.350. The Labute approximate surface area is 158 Å². The second-order valence-corrected chi connectivity index (χ2v) is 7.09. The van der Waals surface area contributed by atoms with Gasteiger partial charge in [-0.05, 0) is 35.4 Å². The van der Waals surface area contributed by atoms with Gasteiger partial charge in [0.1, 0.15) is 6.61 Å². The zero-order valence-electron chi connectivity index (χ0n) is 15.0. The molecule has 0 saturated carbocycles. The number of phenols is 1. The van der Waals surface area contributed by atoms with E-state index < -0.39 is 0 Å². The van der Waals surface area contributed by atoms with Crippen molar-refractivity contribution in [2.24, 2.45) is 0 Å². The highest BCUT2D eigenvalue weighted by atomic mass is 35.5. The van der Waals surface area contributed by atoms with Crippen LogP contribution in [0.15, 0.2) is 36.4 Å². The van der Waals surface area contributed by atoms with Crippen LogP contribution in [0.5, 0.6) is 11.5 Å². The Morgan fingerprint density at radius 3 is 2.81 bits per heavy atom. The van der Waals surface area contributed by atoms with Crippen LogP contribution >= 0.6 is 11.6 Å². The number of carbonyl (C=O) groups excluding carboxylic acids is 1. The number of rotatable bonds is 4. The van der Waals surface area contributed by atoms with E-state index in [4.69, 9.17) is 16.3 Å². The number of hydrogen-bond donors (Lipinski definition) is 1. The molecule has 6 heteroatoms. The van der Waals surface area contributed by atoms with Gasteiger partial charge >= 0.3 is 0 Å². The van der Waals surface area contributed by atoms with Gasteiger partial charge in [0.25, 0.3) is 0 Å². The maximum atomic E-state index is 11.9. The monoisotopic (exact) mass is 374 g/mol. The quantitative estimate of drug-likeness (QED) is 0.891. The van der Waals surface area contributed by atoms with Crippen LogP contribution < -0.4 is 4.74 Å². The van der Waals surface area contributed by atoms with Gasteiger partial charge in [-0.15, -0.1) is 0 Å². The second kappa shape index (κ2) is 7.98. The summed E-state index contributed by atoms with van der Waals surface area (Å²) in [5.74, 6) is 0.756. The van der Waals surface area contributed by atoms with Crippen molar-refractivity contribution >= 4 is 17.5 Å². The molecule has 2 aromatic carbocycles. The van der Waals surface area contributed by atoms with Gasteiger partial charge in [0.05, 0.1) is 0 Å². The van der Waals surface area contributed by atoms with Crippen LogP contribution in [0.1, 0.15) is 12.0 Å². The van der Waals surface area contributed by atoms with Gasteiger partial charge in [-0.1, -0.05) is 23.7 Å². The number of amides is 1. The first kappa shape index (κ1) is 18.5. The first-order valence-electron chi connectivity index (χ1n) is 8.61. The average molecular weight is 375 g/mol. The molecule has 0 aliphatic carbocycles. The molecule has 0 spiro atoms. The Morgan fingerprint density at radius 1 is 1.27 bits per heavy atom. The summed E-state index contributed by atoms with van der Waals surface area (Å²) in [6.07, 6.45) is 0.461. The van der Waals surface area contributed by atoms with E-state index in [0.29, 0.717) is 43.4 Å². The van der Waals surface area contributed by atoms with E-state index in [1.54, 1.807) is 25.1 Å². The standard InChI is InChI=1S/C20H23ClN2O3/c1-22(2)19(25)6-7-23-8-9-26-20-16(13-23)10-15(12-18(20)24)14-4-3-5-17(21)11-14/h3-5,10-12,24H,6-9,13H2,1-2H3. The third-order valence-corrected chi connectivity index (χ3v) is 4.73. The number of fused-ring (bicyclic) bond motifs is 1. The number of ether oxygens (including phenoxy) is 1. The Morgan fingerprint density at radius 2 is 2.08 bits per heavy atom. The Kier molecular flexibility index (Phi) is 5.69. The Hall–Kier alpha value is -2.24. The van der Waals surface area contributed by atoms with Gasteiger partial charge in [0.2, 0.25) is 5.91 Å². The number of hydrogen-bond acceptors (Lipinski definition) is 4. The van der Waals surface area contributed by atoms with Gasteiger partial charge in [0.15, 0.2) is 11.5 Å². The highest BCUT2D eigenvalue weighted by Crippen LogP contribution is 2.38. The molecule has 26 heavy (non-hydrogen) atoms. The highest BCUT2D eigenvalue weighted by molar-refractivity contribution is 6.30. The van der Waals surface area contributed by atoms with Gasteiger partial charge in [-0.2, -0.15) is 0 Å². The van der Waals surface area contributed by atoms with Crippen LogP contribution in [0.25, 0.3) is 11.1 Å². The van der Waals surface area contributed by atoms with Crippen molar-refractivity contribution in [1.29, 1.82) is 0 Å². The molecule has 0 saturated heterocycles. The fourth-order valence-corrected chi connectivity index (χ4v) is 3.25. The van der Waals surface area contributed by atoms with Crippen molar-refractivity contribution in [3.63, 3.8) is 0 Å². The van der Waals surface area contributed by atoms with Crippen LogP contribution in [0.4, 0.5) is 0 Å². The second-order valence-electron chi connectivity index (χ2n) is 6.66. The van der Waals surface area contributed by atoms with E-state index >= 15 is 0 Å². The topological polar surface area (TPSA) is 53.0 Å². The molecule has 2 aromatic rings. The molecule has 0 bridgehead atoms. The molecule has 138 valence electrons. The Bertz CT molecular complexity index is 808. The summed E-state index contributed by atoms with van der Waals surface area (Å²) in [6, 6.07) is 11.3. The van der Waals surface area contributed by atoms with Crippen molar-refractivity contribution in [1.82, 2.24) is 9.80 Å². The summed E-state index contributed by atoms with van der Waals surface area (Å²) >= 11 is 6.09. The third-order valence-electron chi connectivity index (χ3n) is 4.49. The van der Waals surface area contributed by atoms with Gasteiger partial charge in [-0.25, -0.2) is 0 Å². The molecular weight excluding hydrogens is 352 g/mol. The van der Waals surface area contributed by atoms with Crippen molar-refractivity contribution in [3.05, 3.63) is 47.0 Å². The number of carbonyl (C=O) groups is 1. The zero-order valence-corrected chi connectivity index (χ0v) is 15.8. The molecule has 1 aliphatic rings. The molecule has 0 atom stereocenters. The van der Waals surface area contributed by atoms with Crippen molar-refractivity contribution in [2.45, 2.75) is 13.0 Å². The summed E-state index contributed by atoms with van der Waals surface area (Å²) in [5.41, 5.74) is 2.74. The number of aromatic hydroxyl groups is 1. The molecule has 5 nitrogen and oxygen atoms in total. The lowest BCUT2D eigenvalue weighted by Crippen LogP contribution is -2.31. The molecule has 1 heterocycles. The summed E-state index contributed by atoms with van der Waals surface area (Å²) in [4.78, 5) is 15.6. The minimum Gasteiger partial charge on any atom is -0.504 e. The van der Waals surface area contributed by atoms with E-state index in [0.717, 1.165) is 16.7 Å². The minimum atomic E-state index is 0.103. The first-order valence-corrected chi connectivity index (χ1v) is 8.99. The van der Waals surface area contributed by atoms with Crippen molar-refractivity contribution in [3.8, 4) is 22.6 Å². The van der Waals surface area contributed by atoms with Gasteiger partial charge in [0, 0.05) is 50.7 Å². The lowest BCUT2D eigenvalue weighted by atomic mass is 10.0. The van der Waals surface area contributed by atoms with E-state index in [9.17, 15) is 9.90 Å². The highest BCUT2D eigenvalue weighted by Gasteiger charge is 2.20. The fourth-order valence-electron chi connectivity index (χ4n) is 3.06. The molecule has 0 fully saturated rings.